The van der Waals surface area contributed by atoms with Crippen molar-refractivity contribution in [3.8, 4) is 0 Å². The lowest BCUT2D eigenvalue weighted by molar-refractivity contribution is -0.150. The largest absolute Gasteiger partial charge is 0.466 e. The zero-order valence-electron chi connectivity index (χ0n) is 12.5. The fourth-order valence-corrected chi connectivity index (χ4v) is 1.96. The Labute approximate surface area is 126 Å². The molecule has 1 amide bonds. The van der Waals surface area contributed by atoms with Crippen LogP contribution in [0.4, 0.5) is 4.79 Å². The molecule has 0 aromatic rings. The first-order chi connectivity index (χ1) is 8.74. The first kappa shape index (κ1) is 19.0. The Bertz CT molecular complexity index is 344. The number of ether oxygens (including phenoxy) is 2. The molecule has 1 aliphatic rings. The molecule has 2 unspecified atom stereocenters. The molecule has 0 aromatic heterocycles. The number of likely N-dealkylation sites (tertiary alicyclic amines) is 1. The highest BCUT2D eigenvalue weighted by Gasteiger charge is 2.36. The monoisotopic (exact) mass is 308 g/mol. The summed E-state index contributed by atoms with van der Waals surface area (Å²) in [5.74, 6) is -0.815. The number of hydrogen-bond acceptors (Lipinski definition) is 5. The van der Waals surface area contributed by atoms with Crippen molar-refractivity contribution in [3.05, 3.63) is 0 Å². The number of carbonyl (C=O) groups is 2. The van der Waals surface area contributed by atoms with Gasteiger partial charge in [-0.25, -0.2) is 4.79 Å². The van der Waals surface area contributed by atoms with Gasteiger partial charge < -0.3 is 20.1 Å². The van der Waals surface area contributed by atoms with Crippen LogP contribution in [0.15, 0.2) is 0 Å². The van der Waals surface area contributed by atoms with Crippen LogP contribution in [0.25, 0.3) is 0 Å². The molecule has 0 radical (unpaired) electrons. The molecule has 0 bridgehead atoms. The van der Waals surface area contributed by atoms with Gasteiger partial charge in [0.15, 0.2) is 0 Å². The van der Waals surface area contributed by atoms with Crippen LogP contribution in [-0.4, -0.2) is 48.3 Å². The first-order valence-corrected chi connectivity index (χ1v) is 6.64. The van der Waals surface area contributed by atoms with E-state index in [1.807, 2.05) is 20.8 Å². The number of rotatable bonds is 2. The minimum Gasteiger partial charge on any atom is -0.466 e. The van der Waals surface area contributed by atoms with Crippen molar-refractivity contribution >= 4 is 24.5 Å². The van der Waals surface area contributed by atoms with Gasteiger partial charge in [0.1, 0.15) is 5.60 Å². The SMILES string of the molecule is CCOC(=O)C1CN(C(=O)OC(C)(C)C)CCC1N.Cl. The standard InChI is InChI=1S/C13H24N2O4.ClH/c1-5-18-11(16)9-8-15(7-6-10(9)14)12(17)19-13(2,3)4;/h9-10H,5-8,14H2,1-4H3;1H. The van der Waals surface area contributed by atoms with E-state index >= 15 is 0 Å². The topological polar surface area (TPSA) is 81.9 Å². The van der Waals surface area contributed by atoms with Gasteiger partial charge in [-0.3, -0.25) is 4.79 Å². The van der Waals surface area contributed by atoms with Crippen LogP contribution in [0.2, 0.25) is 0 Å². The fraction of sp³-hybridized carbons (Fsp3) is 0.846. The maximum atomic E-state index is 12.0. The lowest BCUT2D eigenvalue weighted by atomic mass is 9.93. The second kappa shape index (κ2) is 7.69. The van der Waals surface area contributed by atoms with E-state index in [0.717, 1.165) is 0 Å². The van der Waals surface area contributed by atoms with Gasteiger partial charge in [-0.15, -0.1) is 12.4 Å². The van der Waals surface area contributed by atoms with Crippen molar-refractivity contribution in [2.24, 2.45) is 11.7 Å². The van der Waals surface area contributed by atoms with Crippen molar-refractivity contribution in [2.45, 2.75) is 45.8 Å². The van der Waals surface area contributed by atoms with E-state index in [9.17, 15) is 9.59 Å². The van der Waals surface area contributed by atoms with Gasteiger partial charge in [0.25, 0.3) is 0 Å². The Morgan fingerprint density at radius 2 is 1.95 bits per heavy atom. The Kier molecular flexibility index (Phi) is 7.30. The minimum atomic E-state index is -0.546. The third kappa shape index (κ3) is 5.54. The predicted molar refractivity (Wildman–Crippen MR) is 77.8 cm³/mol. The number of amides is 1. The summed E-state index contributed by atoms with van der Waals surface area (Å²) in [4.78, 5) is 25.3. The van der Waals surface area contributed by atoms with Gasteiger partial charge in [-0.1, -0.05) is 0 Å². The minimum absolute atomic E-state index is 0. The lowest BCUT2D eigenvalue weighted by Crippen LogP contribution is -2.53. The second-order valence-electron chi connectivity index (χ2n) is 5.74. The molecule has 0 spiro atoms. The molecule has 0 saturated carbocycles. The van der Waals surface area contributed by atoms with Crippen LogP contribution in [0.1, 0.15) is 34.1 Å². The van der Waals surface area contributed by atoms with E-state index in [-0.39, 0.29) is 31.0 Å². The van der Waals surface area contributed by atoms with Crippen molar-refractivity contribution in [1.82, 2.24) is 4.90 Å². The molecule has 0 aliphatic carbocycles. The maximum absolute atomic E-state index is 12.0. The number of nitrogens with zero attached hydrogens (tertiary/aromatic N) is 1. The number of carbonyl (C=O) groups excluding carboxylic acids is 2. The predicted octanol–water partition coefficient (Wildman–Crippen LogP) is 1.56. The molecule has 7 heteroatoms. The smallest absolute Gasteiger partial charge is 0.410 e. The van der Waals surface area contributed by atoms with E-state index < -0.39 is 17.6 Å². The number of halogens is 1. The molecule has 2 atom stereocenters. The van der Waals surface area contributed by atoms with Crippen molar-refractivity contribution < 1.29 is 19.1 Å². The molecule has 1 rings (SSSR count). The summed E-state index contributed by atoms with van der Waals surface area (Å²) in [6.45, 7) is 8.25. The lowest BCUT2D eigenvalue weighted by Gasteiger charge is -2.36. The molecule has 1 fully saturated rings. The van der Waals surface area contributed by atoms with Crippen LogP contribution >= 0.6 is 12.4 Å². The summed E-state index contributed by atoms with van der Waals surface area (Å²) < 4.78 is 10.3. The fourth-order valence-electron chi connectivity index (χ4n) is 1.96. The molecule has 1 saturated heterocycles. The molecule has 2 N–H and O–H groups in total. The summed E-state index contributed by atoms with van der Waals surface area (Å²) in [7, 11) is 0. The normalized spacial score (nSPS) is 22.8. The van der Waals surface area contributed by atoms with Crippen molar-refractivity contribution in [1.29, 1.82) is 0 Å². The van der Waals surface area contributed by atoms with Gasteiger partial charge in [0.2, 0.25) is 0 Å². The molecule has 20 heavy (non-hydrogen) atoms. The summed E-state index contributed by atoms with van der Waals surface area (Å²) >= 11 is 0. The van der Waals surface area contributed by atoms with Crippen LogP contribution in [-0.2, 0) is 14.3 Å². The Morgan fingerprint density at radius 1 is 1.35 bits per heavy atom. The molecule has 1 aliphatic heterocycles. The molecular formula is C13H25ClN2O4. The zero-order valence-corrected chi connectivity index (χ0v) is 13.4. The Morgan fingerprint density at radius 3 is 2.45 bits per heavy atom. The van der Waals surface area contributed by atoms with Crippen molar-refractivity contribution in [3.63, 3.8) is 0 Å². The van der Waals surface area contributed by atoms with E-state index in [1.165, 1.54) is 4.90 Å². The molecule has 1 heterocycles. The van der Waals surface area contributed by atoms with Gasteiger partial charge >= 0.3 is 12.1 Å². The zero-order chi connectivity index (χ0) is 14.6. The Hall–Kier alpha value is -1.01. The van der Waals surface area contributed by atoms with Crippen LogP contribution < -0.4 is 5.73 Å². The number of hydrogen-bond donors (Lipinski definition) is 1. The number of nitrogens with two attached hydrogens (primary N) is 1. The summed E-state index contributed by atoms with van der Waals surface area (Å²) in [6, 6.07) is -0.266. The third-order valence-corrected chi connectivity index (χ3v) is 2.91. The Balaban J connectivity index is 0.00000361. The first-order valence-electron chi connectivity index (χ1n) is 6.64. The average molecular weight is 309 g/mol. The quantitative estimate of drug-likeness (QED) is 0.783. The van der Waals surface area contributed by atoms with E-state index in [0.29, 0.717) is 19.6 Å². The second-order valence-corrected chi connectivity index (χ2v) is 5.74. The number of piperidine rings is 1. The van der Waals surface area contributed by atoms with Gasteiger partial charge in [0, 0.05) is 19.1 Å². The van der Waals surface area contributed by atoms with Gasteiger partial charge in [-0.2, -0.15) is 0 Å². The van der Waals surface area contributed by atoms with Crippen LogP contribution in [0, 0.1) is 5.92 Å². The number of esters is 1. The maximum Gasteiger partial charge on any atom is 0.410 e. The third-order valence-electron chi connectivity index (χ3n) is 2.91. The van der Waals surface area contributed by atoms with Crippen LogP contribution in [0.3, 0.4) is 0 Å². The van der Waals surface area contributed by atoms with Crippen molar-refractivity contribution in [2.75, 3.05) is 19.7 Å². The summed E-state index contributed by atoms with van der Waals surface area (Å²) in [6.07, 6.45) is 0.164. The summed E-state index contributed by atoms with van der Waals surface area (Å²) in [5, 5.41) is 0. The van der Waals surface area contributed by atoms with E-state index in [4.69, 9.17) is 15.2 Å². The molecular weight excluding hydrogens is 284 g/mol. The van der Waals surface area contributed by atoms with Gasteiger partial charge in [-0.05, 0) is 34.1 Å². The van der Waals surface area contributed by atoms with E-state index in [1.54, 1.807) is 6.92 Å². The molecule has 118 valence electrons. The molecule has 6 nitrogen and oxygen atoms in total. The highest BCUT2D eigenvalue weighted by Crippen LogP contribution is 2.19. The van der Waals surface area contributed by atoms with Crippen LogP contribution in [0.5, 0.6) is 0 Å². The summed E-state index contributed by atoms with van der Waals surface area (Å²) in [5.41, 5.74) is 5.37. The molecule has 0 aromatic carbocycles. The highest BCUT2D eigenvalue weighted by atomic mass is 35.5. The van der Waals surface area contributed by atoms with Gasteiger partial charge in [0.05, 0.1) is 12.5 Å². The average Bonchev–Trinajstić information content (AvgIpc) is 2.27. The van der Waals surface area contributed by atoms with E-state index in [2.05, 4.69) is 0 Å². The highest BCUT2D eigenvalue weighted by molar-refractivity contribution is 5.85.